The number of rotatable bonds is 7. The number of benzene rings is 2. The summed E-state index contributed by atoms with van der Waals surface area (Å²) < 4.78 is 4.89. The fourth-order valence-electron chi connectivity index (χ4n) is 3.09. The van der Waals surface area contributed by atoms with Gasteiger partial charge in [-0.15, -0.1) is 0 Å². The molecule has 0 aliphatic carbocycles. The quantitative estimate of drug-likeness (QED) is 0.529. The van der Waals surface area contributed by atoms with Crippen LogP contribution in [-0.2, 0) is 9.59 Å². The number of hydrogen-bond donors (Lipinski definition) is 2. The third-order valence-electron chi connectivity index (χ3n) is 4.58. The van der Waals surface area contributed by atoms with Gasteiger partial charge in [0.15, 0.2) is 5.75 Å². The number of hydrogen-bond acceptors (Lipinski definition) is 6. The molecule has 10 heteroatoms. The van der Waals surface area contributed by atoms with Gasteiger partial charge in [0.1, 0.15) is 0 Å². The molecule has 0 bridgehead atoms. The molecule has 0 saturated carbocycles. The van der Waals surface area contributed by atoms with Crippen molar-refractivity contribution in [3.63, 3.8) is 0 Å². The molecule has 1 aliphatic rings. The molecule has 2 aromatic rings. The minimum atomic E-state index is -0.651. The molecule has 2 aromatic carbocycles. The van der Waals surface area contributed by atoms with Crippen molar-refractivity contribution in [2.75, 3.05) is 30.4 Å². The number of ether oxygens (including phenoxy) is 1. The summed E-state index contributed by atoms with van der Waals surface area (Å²) in [6.07, 6.45) is 1.36. The first-order valence-corrected chi connectivity index (χ1v) is 9.20. The van der Waals surface area contributed by atoms with Crippen molar-refractivity contribution in [1.82, 2.24) is 5.32 Å². The van der Waals surface area contributed by atoms with Gasteiger partial charge < -0.3 is 20.3 Å². The van der Waals surface area contributed by atoms with E-state index in [1.165, 1.54) is 19.2 Å². The highest BCUT2D eigenvalue weighted by Gasteiger charge is 2.21. The molecule has 0 spiro atoms. The molecule has 1 heterocycles. The lowest BCUT2D eigenvalue weighted by Gasteiger charge is -2.16. The van der Waals surface area contributed by atoms with E-state index in [-0.39, 0.29) is 29.5 Å². The SMILES string of the molecule is COc1ccc(C(=O)NCC(=O)Nc2ccc(N3CCCC3=O)cc2)cc1[N+](=O)[O-]. The maximum atomic E-state index is 12.2. The van der Waals surface area contributed by atoms with Crippen LogP contribution in [0.15, 0.2) is 42.5 Å². The van der Waals surface area contributed by atoms with Crippen molar-refractivity contribution in [2.45, 2.75) is 12.8 Å². The van der Waals surface area contributed by atoms with Crippen LogP contribution in [0.1, 0.15) is 23.2 Å². The monoisotopic (exact) mass is 412 g/mol. The first kappa shape index (κ1) is 20.8. The topological polar surface area (TPSA) is 131 Å². The van der Waals surface area contributed by atoms with Gasteiger partial charge in [0.25, 0.3) is 5.91 Å². The van der Waals surface area contributed by atoms with E-state index < -0.39 is 16.7 Å². The predicted molar refractivity (Wildman–Crippen MR) is 109 cm³/mol. The van der Waals surface area contributed by atoms with Crippen LogP contribution in [0.2, 0.25) is 0 Å². The lowest BCUT2D eigenvalue weighted by atomic mass is 10.1. The zero-order chi connectivity index (χ0) is 21.7. The predicted octanol–water partition coefficient (Wildman–Crippen LogP) is 2.10. The highest BCUT2D eigenvalue weighted by atomic mass is 16.6. The molecule has 3 rings (SSSR count). The van der Waals surface area contributed by atoms with Crippen molar-refractivity contribution < 1.29 is 24.0 Å². The van der Waals surface area contributed by atoms with E-state index in [1.54, 1.807) is 29.2 Å². The minimum absolute atomic E-state index is 0.0355. The summed E-state index contributed by atoms with van der Waals surface area (Å²) >= 11 is 0. The summed E-state index contributed by atoms with van der Waals surface area (Å²) in [7, 11) is 1.29. The number of methoxy groups -OCH3 is 1. The average molecular weight is 412 g/mol. The van der Waals surface area contributed by atoms with Crippen molar-refractivity contribution in [3.8, 4) is 5.75 Å². The Morgan fingerprint density at radius 3 is 2.53 bits per heavy atom. The second kappa shape index (κ2) is 9.03. The molecule has 0 unspecified atom stereocenters. The van der Waals surface area contributed by atoms with Crippen molar-refractivity contribution in [2.24, 2.45) is 0 Å². The number of nitro groups is 1. The summed E-state index contributed by atoms with van der Waals surface area (Å²) in [6, 6.07) is 10.6. The van der Waals surface area contributed by atoms with E-state index in [2.05, 4.69) is 10.6 Å². The van der Waals surface area contributed by atoms with Crippen molar-refractivity contribution in [3.05, 3.63) is 58.1 Å². The van der Waals surface area contributed by atoms with Crippen molar-refractivity contribution >= 4 is 34.8 Å². The van der Waals surface area contributed by atoms with Crippen LogP contribution >= 0.6 is 0 Å². The van der Waals surface area contributed by atoms with E-state index in [4.69, 9.17) is 4.74 Å². The number of carbonyl (C=O) groups excluding carboxylic acids is 3. The maximum absolute atomic E-state index is 12.2. The zero-order valence-electron chi connectivity index (χ0n) is 16.2. The van der Waals surface area contributed by atoms with Gasteiger partial charge in [-0.25, -0.2) is 0 Å². The average Bonchev–Trinajstić information content (AvgIpc) is 3.17. The second-order valence-corrected chi connectivity index (χ2v) is 6.57. The summed E-state index contributed by atoms with van der Waals surface area (Å²) in [5.41, 5.74) is 0.982. The lowest BCUT2D eigenvalue weighted by Crippen LogP contribution is -2.32. The number of amides is 3. The van der Waals surface area contributed by atoms with Gasteiger partial charge in [-0.1, -0.05) is 0 Å². The van der Waals surface area contributed by atoms with Crippen molar-refractivity contribution in [1.29, 1.82) is 0 Å². The van der Waals surface area contributed by atoms with Crippen LogP contribution < -0.4 is 20.3 Å². The molecule has 1 aliphatic heterocycles. The van der Waals surface area contributed by atoms with Crippen LogP contribution in [0, 0.1) is 10.1 Å². The van der Waals surface area contributed by atoms with Gasteiger partial charge in [-0.3, -0.25) is 24.5 Å². The Morgan fingerprint density at radius 2 is 1.93 bits per heavy atom. The maximum Gasteiger partial charge on any atom is 0.311 e. The molecule has 30 heavy (non-hydrogen) atoms. The highest BCUT2D eigenvalue weighted by Crippen LogP contribution is 2.27. The highest BCUT2D eigenvalue weighted by molar-refractivity contribution is 6.00. The van der Waals surface area contributed by atoms with E-state index >= 15 is 0 Å². The van der Waals surface area contributed by atoms with E-state index in [0.717, 1.165) is 18.2 Å². The van der Waals surface area contributed by atoms with Gasteiger partial charge in [0.2, 0.25) is 11.8 Å². The molecule has 0 aromatic heterocycles. The smallest absolute Gasteiger partial charge is 0.311 e. The Hall–Kier alpha value is -3.95. The van der Waals surface area contributed by atoms with Crippen LogP contribution in [0.4, 0.5) is 17.1 Å². The Kier molecular flexibility index (Phi) is 6.26. The lowest BCUT2D eigenvalue weighted by molar-refractivity contribution is -0.385. The van der Waals surface area contributed by atoms with Gasteiger partial charge in [0.05, 0.1) is 18.6 Å². The molecule has 1 saturated heterocycles. The van der Waals surface area contributed by atoms with Gasteiger partial charge >= 0.3 is 5.69 Å². The van der Waals surface area contributed by atoms with Gasteiger partial charge in [-0.05, 0) is 42.8 Å². The summed E-state index contributed by atoms with van der Waals surface area (Å²) in [6.45, 7) is 0.366. The largest absolute Gasteiger partial charge is 0.490 e. The molecule has 3 amide bonds. The van der Waals surface area contributed by atoms with Crippen LogP contribution in [-0.4, -0.2) is 42.8 Å². The molecule has 0 radical (unpaired) electrons. The first-order chi connectivity index (χ1) is 14.4. The summed E-state index contributed by atoms with van der Waals surface area (Å²) in [5.74, 6) is -0.975. The van der Waals surface area contributed by atoms with Crippen LogP contribution in [0.25, 0.3) is 0 Å². The zero-order valence-corrected chi connectivity index (χ0v) is 16.2. The van der Waals surface area contributed by atoms with E-state index in [0.29, 0.717) is 18.7 Å². The molecule has 0 atom stereocenters. The Labute approximate surface area is 172 Å². The molecular weight excluding hydrogens is 392 g/mol. The molecule has 2 N–H and O–H groups in total. The standard InChI is InChI=1S/C20H20N4O6/c1-30-17-9-4-13(11-16(17)24(28)29)20(27)21-12-18(25)22-14-5-7-15(8-6-14)23-10-2-3-19(23)26/h4-9,11H,2-3,10,12H2,1H3,(H,21,27)(H,22,25). The van der Waals surface area contributed by atoms with Gasteiger partial charge in [0, 0.05) is 36.0 Å². The first-order valence-electron chi connectivity index (χ1n) is 9.20. The Bertz CT molecular complexity index is 989. The third kappa shape index (κ3) is 4.72. The fourth-order valence-corrected chi connectivity index (χ4v) is 3.09. The Balaban J connectivity index is 1.55. The third-order valence-corrected chi connectivity index (χ3v) is 4.58. The number of nitrogens with one attached hydrogen (secondary N) is 2. The molecule has 156 valence electrons. The van der Waals surface area contributed by atoms with Crippen LogP contribution in [0.3, 0.4) is 0 Å². The summed E-state index contributed by atoms with van der Waals surface area (Å²) in [4.78, 5) is 48.2. The van der Waals surface area contributed by atoms with E-state index in [9.17, 15) is 24.5 Å². The number of nitrogens with zero attached hydrogens (tertiary/aromatic N) is 2. The normalized spacial score (nSPS) is 13.1. The molecular formula is C20H20N4O6. The molecule has 10 nitrogen and oxygen atoms in total. The summed E-state index contributed by atoms with van der Waals surface area (Å²) in [5, 5.41) is 16.1. The fraction of sp³-hybridized carbons (Fsp3) is 0.250. The molecule has 1 fully saturated rings. The number of anilines is 2. The number of carbonyl (C=O) groups is 3. The Morgan fingerprint density at radius 1 is 1.20 bits per heavy atom. The van der Waals surface area contributed by atoms with E-state index in [1.807, 2.05) is 0 Å². The van der Waals surface area contributed by atoms with Gasteiger partial charge in [-0.2, -0.15) is 0 Å². The number of nitro benzene ring substituents is 1. The second-order valence-electron chi connectivity index (χ2n) is 6.57. The minimum Gasteiger partial charge on any atom is -0.490 e. The van der Waals surface area contributed by atoms with Crippen LogP contribution in [0.5, 0.6) is 5.75 Å².